The van der Waals surface area contributed by atoms with Crippen molar-refractivity contribution < 1.29 is 14.6 Å². The Hall–Kier alpha value is -1.13. The van der Waals surface area contributed by atoms with Crippen LogP contribution in [0.1, 0.15) is 31.4 Å². The van der Waals surface area contributed by atoms with Crippen molar-refractivity contribution >= 4 is 12.4 Å². The highest BCUT2D eigenvalue weighted by molar-refractivity contribution is 5.85. The Bertz CT molecular complexity index is 358. The van der Waals surface area contributed by atoms with Gasteiger partial charge in [0.2, 0.25) is 0 Å². The van der Waals surface area contributed by atoms with Crippen LogP contribution in [-0.2, 0) is 0 Å². The lowest BCUT2D eigenvalue weighted by molar-refractivity contribution is 0.373. The third kappa shape index (κ3) is 3.68. The number of ether oxygens (including phenoxy) is 2. The molecule has 1 atom stereocenters. The molecule has 4 nitrogen and oxygen atoms in total. The Kier molecular flexibility index (Phi) is 6.76. The van der Waals surface area contributed by atoms with E-state index in [-0.39, 0.29) is 24.2 Å². The summed E-state index contributed by atoms with van der Waals surface area (Å²) in [5, 5.41) is 9.89. The van der Waals surface area contributed by atoms with Crippen LogP contribution in [0.15, 0.2) is 12.1 Å². The van der Waals surface area contributed by atoms with E-state index in [1.807, 2.05) is 6.92 Å². The van der Waals surface area contributed by atoms with Crippen LogP contribution in [0.25, 0.3) is 0 Å². The van der Waals surface area contributed by atoms with Gasteiger partial charge in [0.15, 0.2) is 0 Å². The molecule has 3 N–H and O–H groups in total. The molecule has 0 bridgehead atoms. The minimum Gasteiger partial charge on any atom is -0.507 e. The third-order valence-electron chi connectivity index (χ3n) is 2.52. The van der Waals surface area contributed by atoms with Gasteiger partial charge in [0.05, 0.1) is 19.8 Å². The standard InChI is InChI=1S/C12H19NO3.ClH/c1-4-5-9(13)12-10(14)6-8(15-2)7-11(12)16-3;/h6-7,9,14H,4-5,13H2,1-3H3;1H/t9-;/m1./s1. The van der Waals surface area contributed by atoms with Crippen molar-refractivity contribution in [3.8, 4) is 17.2 Å². The predicted molar refractivity (Wildman–Crippen MR) is 70.3 cm³/mol. The minimum atomic E-state index is -0.217. The number of halogens is 1. The molecule has 0 spiro atoms. The maximum absolute atomic E-state index is 9.89. The SMILES string of the molecule is CCC[C@@H](N)c1c(O)cc(OC)cc1OC.Cl. The molecule has 0 aliphatic carbocycles. The predicted octanol–water partition coefficient (Wildman–Crippen LogP) is 2.63. The molecule has 0 saturated heterocycles. The van der Waals surface area contributed by atoms with Crippen molar-refractivity contribution in [3.05, 3.63) is 17.7 Å². The summed E-state index contributed by atoms with van der Waals surface area (Å²) in [6.07, 6.45) is 1.76. The fourth-order valence-electron chi connectivity index (χ4n) is 1.70. The largest absolute Gasteiger partial charge is 0.507 e. The van der Waals surface area contributed by atoms with E-state index in [2.05, 4.69) is 0 Å². The summed E-state index contributed by atoms with van der Waals surface area (Å²) in [6, 6.07) is 3.06. The van der Waals surface area contributed by atoms with Gasteiger partial charge in [-0.05, 0) is 6.42 Å². The van der Waals surface area contributed by atoms with Crippen LogP contribution in [0.2, 0.25) is 0 Å². The molecule has 1 rings (SSSR count). The topological polar surface area (TPSA) is 64.7 Å². The fraction of sp³-hybridized carbons (Fsp3) is 0.500. The second-order valence-corrected chi connectivity index (χ2v) is 3.66. The normalized spacial score (nSPS) is 11.5. The van der Waals surface area contributed by atoms with Gasteiger partial charge in [0.1, 0.15) is 17.2 Å². The zero-order valence-corrected chi connectivity index (χ0v) is 11.2. The number of nitrogens with two attached hydrogens (primary N) is 1. The van der Waals surface area contributed by atoms with Crippen LogP contribution in [-0.4, -0.2) is 19.3 Å². The van der Waals surface area contributed by atoms with E-state index < -0.39 is 0 Å². The number of phenols is 1. The van der Waals surface area contributed by atoms with Crippen molar-refractivity contribution in [1.29, 1.82) is 0 Å². The molecule has 0 aliphatic heterocycles. The number of phenolic OH excluding ortho intramolecular Hbond substituents is 1. The van der Waals surface area contributed by atoms with E-state index >= 15 is 0 Å². The molecule has 98 valence electrons. The zero-order chi connectivity index (χ0) is 12.1. The molecule has 0 aliphatic rings. The molecule has 1 aromatic carbocycles. The van der Waals surface area contributed by atoms with Crippen molar-refractivity contribution in [2.75, 3.05) is 14.2 Å². The Morgan fingerprint density at radius 1 is 1.29 bits per heavy atom. The average Bonchev–Trinajstić information content (AvgIpc) is 2.27. The van der Waals surface area contributed by atoms with E-state index in [1.165, 1.54) is 0 Å². The number of hydrogen-bond acceptors (Lipinski definition) is 4. The lowest BCUT2D eigenvalue weighted by atomic mass is 10.0. The first-order valence-electron chi connectivity index (χ1n) is 5.34. The van der Waals surface area contributed by atoms with Crippen molar-refractivity contribution in [1.82, 2.24) is 0 Å². The Balaban J connectivity index is 0.00000256. The second-order valence-electron chi connectivity index (χ2n) is 3.66. The fourth-order valence-corrected chi connectivity index (χ4v) is 1.70. The molecule has 0 saturated carbocycles. The summed E-state index contributed by atoms with van der Waals surface area (Å²) >= 11 is 0. The van der Waals surface area contributed by atoms with Gasteiger partial charge in [-0.1, -0.05) is 13.3 Å². The first-order chi connectivity index (χ1) is 7.63. The quantitative estimate of drug-likeness (QED) is 0.855. The summed E-state index contributed by atoms with van der Waals surface area (Å²) in [4.78, 5) is 0. The molecule has 0 aromatic heterocycles. The Morgan fingerprint density at radius 3 is 2.41 bits per heavy atom. The molecule has 17 heavy (non-hydrogen) atoms. The van der Waals surface area contributed by atoms with E-state index in [0.29, 0.717) is 17.1 Å². The number of aromatic hydroxyl groups is 1. The molecule has 0 fully saturated rings. The van der Waals surface area contributed by atoms with E-state index in [0.717, 1.165) is 12.8 Å². The van der Waals surface area contributed by atoms with Gasteiger partial charge < -0.3 is 20.3 Å². The van der Waals surface area contributed by atoms with Crippen molar-refractivity contribution in [2.45, 2.75) is 25.8 Å². The molecule has 1 aromatic rings. The number of methoxy groups -OCH3 is 2. The van der Waals surface area contributed by atoms with Gasteiger partial charge in [-0.15, -0.1) is 12.4 Å². The van der Waals surface area contributed by atoms with Crippen LogP contribution in [0.5, 0.6) is 17.2 Å². The molecule has 0 radical (unpaired) electrons. The summed E-state index contributed by atoms with van der Waals surface area (Å²) in [5.41, 5.74) is 6.64. The number of hydrogen-bond donors (Lipinski definition) is 2. The zero-order valence-electron chi connectivity index (χ0n) is 10.4. The monoisotopic (exact) mass is 261 g/mol. The van der Waals surface area contributed by atoms with E-state index in [9.17, 15) is 5.11 Å². The van der Waals surface area contributed by atoms with Gasteiger partial charge in [-0.25, -0.2) is 0 Å². The molecule has 5 heteroatoms. The first kappa shape index (κ1) is 15.9. The van der Waals surface area contributed by atoms with Crippen molar-refractivity contribution in [2.24, 2.45) is 5.73 Å². The third-order valence-corrected chi connectivity index (χ3v) is 2.52. The van der Waals surface area contributed by atoms with Crippen LogP contribution >= 0.6 is 12.4 Å². The summed E-state index contributed by atoms with van der Waals surface area (Å²) in [6.45, 7) is 2.05. The molecule has 0 unspecified atom stereocenters. The summed E-state index contributed by atoms with van der Waals surface area (Å²) in [7, 11) is 3.09. The number of rotatable bonds is 5. The molecule has 0 amide bonds. The Morgan fingerprint density at radius 2 is 1.94 bits per heavy atom. The van der Waals surface area contributed by atoms with Crippen molar-refractivity contribution in [3.63, 3.8) is 0 Å². The van der Waals surface area contributed by atoms with E-state index in [4.69, 9.17) is 15.2 Å². The van der Waals surface area contributed by atoms with Crippen LogP contribution in [0, 0.1) is 0 Å². The van der Waals surface area contributed by atoms with Gasteiger partial charge in [-0.2, -0.15) is 0 Å². The highest BCUT2D eigenvalue weighted by atomic mass is 35.5. The molecular weight excluding hydrogens is 242 g/mol. The van der Waals surface area contributed by atoms with Crippen LogP contribution in [0.4, 0.5) is 0 Å². The van der Waals surface area contributed by atoms with Gasteiger partial charge in [0, 0.05) is 18.2 Å². The maximum Gasteiger partial charge on any atom is 0.131 e. The Labute approximate surface area is 108 Å². The number of benzene rings is 1. The minimum absolute atomic E-state index is 0. The highest BCUT2D eigenvalue weighted by Crippen LogP contribution is 2.37. The maximum atomic E-state index is 9.89. The smallest absolute Gasteiger partial charge is 0.131 e. The molecule has 0 heterocycles. The first-order valence-corrected chi connectivity index (χ1v) is 5.34. The van der Waals surface area contributed by atoms with Gasteiger partial charge >= 0.3 is 0 Å². The van der Waals surface area contributed by atoms with E-state index in [1.54, 1.807) is 26.4 Å². The van der Waals surface area contributed by atoms with Crippen LogP contribution in [0.3, 0.4) is 0 Å². The second kappa shape index (κ2) is 7.25. The summed E-state index contributed by atoms with van der Waals surface area (Å²) < 4.78 is 10.3. The highest BCUT2D eigenvalue weighted by Gasteiger charge is 2.17. The lowest BCUT2D eigenvalue weighted by Crippen LogP contribution is -2.11. The molecular formula is C12H20ClNO3. The summed E-state index contributed by atoms with van der Waals surface area (Å²) in [5.74, 6) is 1.25. The van der Waals surface area contributed by atoms with Gasteiger partial charge in [0.25, 0.3) is 0 Å². The van der Waals surface area contributed by atoms with Gasteiger partial charge in [-0.3, -0.25) is 0 Å². The lowest BCUT2D eigenvalue weighted by Gasteiger charge is -2.17. The average molecular weight is 262 g/mol. The van der Waals surface area contributed by atoms with Crippen LogP contribution < -0.4 is 15.2 Å².